The van der Waals surface area contributed by atoms with Crippen molar-refractivity contribution in [1.29, 1.82) is 0 Å². The highest BCUT2D eigenvalue weighted by atomic mass is 35.5. The summed E-state index contributed by atoms with van der Waals surface area (Å²) in [5.74, 6) is -0.115. The van der Waals surface area contributed by atoms with Crippen molar-refractivity contribution in [3.63, 3.8) is 0 Å². The quantitative estimate of drug-likeness (QED) is 0.605. The van der Waals surface area contributed by atoms with Gasteiger partial charge in [-0.3, -0.25) is 9.69 Å². The Labute approximate surface area is 159 Å². The average Bonchev–Trinajstić information content (AvgIpc) is 3.11. The van der Waals surface area contributed by atoms with Crippen LogP contribution in [0, 0.1) is 6.92 Å². The van der Waals surface area contributed by atoms with Crippen LogP contribution in [0.25, 0.3) is 11.3 Å². The summed E-state index contributed by atoms with van der Waals surface area (Å²) in [6.07, 6.45) is 0.907. The number of anilines is 1. The van der Waals surface area contributed by atoms with Gasteiger partial charge in [-0.2, -0.15) is 0 Å². The Balaban J connectivity index is 2.10. The van der Waals surface area contributed by atoms with E-state index in [9.17, 15) is 4.79 Å². The van der Waals surface area contributed by atoms with E-state index in [4.69, 9.17) is 11.6 Å². The molecule has 2 rings (SSSR count). The molecule has 0 saturated heterocycles. The largest absolute Gasteiger partial charge is 0.304 e. The zero-order valence-electron chi connectivity index (χ0n) is 15.2. The van der Waals surface area contributed by atoms with E-state index in [-0.39, 0.29) is 11.8 Å². The minimum atomic E-state index is -0.0916. The molecule has 0 aliphatic rings. The van der Waals surface area contributed by atoms with E-state index in [1.165, 1.54) is 16.9 Å². The first-order valence-electron chi connectivity index (χ1n) is 8.70. The topological polar surface area (TPSA) is 36.4 Å². The predicted molar refractivity (Wildman–Crippen MR) is 108 cm³/mol. The lowest BCUT2D eigenvalue weighted by molar-refractivity contribution is -0.116. The predicted octanol–water partition coefficient (Wildman–Crippen LogP) is 4.42. The molecule has 1 amide bonds. The second-order valence-corrected chi connectivity index (χ2v) is 7.04. The van der Waals surface area contributed by atoms with E-state index in [2.05, 4.69) is 54.9 Å². The molecule has 0 radical (unpaired) electrons. The van der Waals surface area contributed by atoms with Crippen LogP contribution in [0.3, 0.4) is 0 Å². The Morgan fingerprint density at radius 2 is 1.84 bits per heavy atom. The zero-order valence-corrected chi connectivity index (χ0v) is 16.7. The van der Waals surface area contributed by atoms with Crippen LogP contribution >= 0.6 is 22.9 Å². The van der Waals surface area contributed by atoms with Crippen molar-refractivity contribution in [1.82, 2.24) is 9.88 Å². The summed E-state index contributed by atoms with van der Waals surface area (Å²) in [6.45, 7) is 10.0. The molecular weight excluding hydrogens is 354 g/mol. The molecule has 0 saturated carbocycles. The fourth-order valence-electron chi connectivity index (χ4n) is 2.64. The van der Waals surface area contributed by atoms with Gasteiger partial charge >= 0.3 is 0 Å². The number of alkyl halides is 1. The number of rotatable bonds is 9. The Hall–Kier alpha value is -1.43. The van der Waals surface area contributed by atoms with Gasteiger partial charge in [0, 0.05) is 17.5 Å². The first-order valence-corrected chi connectivity index (χ1v) is 10.1. The van der Waals surface area contributed by atoms with E-state index < -0.39 is 0 Å². The molecule has 0 N–H and O–H groups in total. The minimum absolute atomic E-state index is 0.0231. The van der Waals surface area contributed by atoms with Gasteiger partial charge in [-0.1, -0.05) is 43.7 Å². The molecule has 4 nitrogen and oxygen atoms in total. The van der Waals surface area contributed by atoms with Gasteiger partial charge in [0.1, 0.15) is 5.88 Å². The Morgan fingerprint density at radius 1 is 1.16 bits per heavy atom. The normalized spacial score (nSPS) is 11.1. The number of thiazole rings is 1. The molecule has 6 heteroatoms. The summed E-state index contributed by atoms with van der Waals surface area (Å²) in [5, 5.41) is 2.72. The SMILES string of the molecule is CCN(CC)CCCN(C(=O)CCl)c1nc(-c2ccc(C)cc2)cs1. The highest BCUT2D eigenvalue weighted by Crippen LogP contribution is 2.28. The lowest BCUT2D eigenvalue weighted by Crippen LogP contribution is -2.35. The molecular formula is C19H26ClN3OS. The van der Waals surface area contributed by atoms with Gasteiger partial charge in [-0.15, -0.1) is 22.9 Å². The first-order chi connectivity index (χ1) is 12.1. The number of aryl methyl sites for hydroxylation is 1. The van der Waals surface area contributed by atoms with Gasteiger partial charge in [-0.05, 0) is 33.0 Å². The second-order valence-electron chi connectivity index (χ2n) is 5.94. The summed E-state index contributed by atoms with van der Waals surface area (Å²) in [6, 6.07) is 8.25. The van der Waals surface area contributed by atoms with Gasteiger partial charge < -0.3 is 4.90 Å². The Morgan fingerprint density at radius 3 is 2.44 bits per heavy atom. The molecule has 1 heterocycles. The molecule has 136 valence electrons. The monoisotopic (exact) mass is 379 g/mol. The zero-order chi connectivity index (χ0) is 18.2. The lowest BCUT2D eigenvalue weighted by Gasteiger charge is -2.22. The van der Waals surface area contributed by atoms with Crippen LogP contribution < -0.4 is 4.90 Å². The third kappa shape index (κ3) is 5.53. The summed E-state index contributed by atoms with van der Waals surface area (Å²) in [4.78, 5) is 21.0. The van der Waals surface area contributed by atoms with Crippen LogP contribution in [-0.4, -0.2) is 47.9 Å². The summed E-state index contributed by atoms with van der Waals surface area (Å²) < 4.78 is 0. The fourth-order valence-corrected chi connectivity index (χ4v) is 3.66. The minimum Gasteiger partial charge on any atom is -0.304 e. The van der Waals surface area contributed by atoms with Crippen molar-refractivity contribution >= 4 is 34.0 Å². The molecule has 1 aromatic carbocycles. The summed E-state index contributed by atoms with van der Waals surface area (Å²) in [5.41, 5.74) is 3.18. The lowest BCUT2D eigenvalue weighted by atomic mass is 10.1. The number of hydrogen-bond donors (Lipinski definition) is 0. The van der Waals surface area contributed by atoms with Gasteiger partial charge in [0.2, 0.25) is 5.91 Å². The molecule has 0 bridgehead atoms. The van der Waals surface area contributed by atoms with Gasteiger partial charge in [0.25, 0.3) is 0 Å². The Kier molecular flexibility index (Phi) is 7.88. The molecule has 1 aromatic heterocycles. The standard InChI is InChI=1S/C19H26ClN3OS/c1-4-22(5-2)11-6-12-23(18(24)13-20)19-21-17(14-25-19)16-9-7-15(3)8-10-16/h7-10,14H,4-6,11-13H2,1-3H3. The molecule has 0 aliphatic heterocycles. The molecule has 2 aromatic rings. The van der Waals surface area contributed by atoms with Crippen molar-refractivity contribution in [2.24, 2.45) is 0 Å². The molecule has 25 heavy (non-hydrogen) atoms. The van der Waals surface area contributed by atoms with Gasteiger partial charge in [0.05, 0.1) is 5.69 Å². The molecule has 0 fully saturated rings. The third-order valence-corrected chi connectivity index (χ3v) is 5.33. The number of nitrogens with zero attached hydrogens (tertiary/aromatic N) is 3. The van der Waals surface area contributed by atoms with Crippen molar-refractivity contribution in [3.05, 3.63) is 35.2 Å². The summed E-state index contributed by atoms with van der Waals surface area (Å²) >= 11 is 7.30. The van der Waals surface area contributed by atoms with Gasteiger partial charge in [0.15, 0.2) is 5.13 Å². The van der Waals surface area contributed by atoms with Crippen LogP contribution in [0.1, 0.15) is 25.8 Å². The molecule has 0 aliphatic carbocycles. The van der Waals surface area contributed by atoms with Crippen LogP contribution in [0.2, 0.25) is 0 Å². The van der Waals surface area contributed by atoms with E-state index in [0.29, 0.717) is 6.54 Å². The second kappa shape index (κ2) is 9.90. The number of aromatic nitrogens is 1. The van der Waals surface area contributed by atoms with Crippen molar-refractivity contribution in [2.75, 3.05) is 37.0 Å². The average molecular weight is 380 g/mol. The van der Waals surface area contributed by atoms with Crippen LogP contribution in [0.15, 0.2) is 29.6 Å². The number of carbonyl (C=O) groups excluding carboxylic acids is 1. The Bertz CT molecular complexity index is 668. The number of carbonyl (C=O) groups is 1. The van der Waals surface area contributed by atoms with E-state index in [0.717, 1.165) is 42.4 Å². The van der Waals surface area contributed by atoms with E-state index in [1.54, 1.807) is 4.90 Å². The van der Waals surface area contributed by atoms with Crippen LogP contribution in [0.4, 0.5) is 5.13 Å². The maximum absolute atomic E-state index is 12.3. The van der Waals surface area contributed by atoms with Crippen molar-refractivity contribution < 1.29 is 4.79 Å². The van der Waals surface area contributed by atoms with Crippen LogP contribution in [0.5, 0.6) is 0 Å². The number of halogens is 1. The van der Waals surface area contributed by atoms with Crippen molar-refractivity contribution in [2.45, 2.75) is 27.2 Å². The van der Waals surface area contributed by atoms with E-state index >= 15 is 0 Å². The van der Waals surface area contributed by atoms with Gasteiger partial charge in [-0.25, -0.2) is 4.98 Å². The highest BCUT2D eigenvalue weighted by Gasteiger charge is 2.18. The highest BCUT2D eigenvalue weighted by molar-refractivity contribution is 7.14. The molecule has 0 atom stereocenters. The van der Waals surface area contributed by atoms with Crippen molar-refractivity contribution in [3.8, 4) is 11.3 Å². The van der Waals surface area contributed by atoms with E-state index in [1.807, 2.05) is 5.38 Å². The number of hydrogen-bond acceptors (Lipinski definition) is 4. The number of amides is 1. The summed E-state index contributed by atoms with van der Waals surface area (Å²) in [7, 11) is 0. The third-order valence-electron chi connectivity index (χ3n) is 4.24. The molecule has 0 unspecified atom stereocenters. The smallest absolute Gasteiger partial charge is 0.243 e. The van der Waals surface area contributed by atoms with Crippen LogP contribution in [-0.2, 0) is 4.79 Å². The maximum atomic E-state index is 12.3. The maximum Gasteiger partial charge on any atom is 0.243 e. The fraction of sp³-hybridized carbons (Fsp3) is 0.474. The first kappa shape index (κ1) is 19.9. The molecule has 0 spiro atoms. The number of benzene rings is 1.